The van der Waals surface area contributed by atoms with Crippen LogP contribution in [0.15, 0.2) is 30.3 Å². The fraction of sp³-hybridized carbons (Fsp3) is 0.308. The van der Waals surface area contributed by atoms with Crippen molar-refractivity contribution in [2.45, 2.75) is 19.8 Å². The molecule has 0 aliphatic heterocycles. The van der Waals surface area contributed by atoms with Crippen molar-refractivity contribution in [3.05, 3.63) is 35.6 Å². The molecule has 0 saturated heterocycles. The zero-order valence-electron chi connectivity index (χ0n) is 10.1. The average molecular weight is 264 g/mol. The molecule has 0 unspecified atom stereocenters. The fourth-order valence-electron chi connectivity index (χ4n) is 1.42. The van der Waals surface area contributed by atoms with E-state index in [4.69, 9.17) is 16.3 Å². The van der Waals surface area contributed by atoms with Gasteiger partial charge in [-0.1, -0.05) is 43.7 Å². The van der Waals surface area contributed by atoms with Crippen LogP contribution in [-0.2, 0) is 0 Å². The summed E-state index contributed by atoms with van der Waals surface area (Å²) in [6.45, 7) is 2.68. The number of aromatic nitrogens is 3. The number of unbranched alkanes of at least 4 members (excludes halogenated alkanes) is 1. The van der Waals surface area contributed by atoms with Crippen molar-refractivity contribution in [1.82, 2.24) is 15.0 Å². The minimum absolute atomic E-state index is 0.148. The van der Waals surface area contributed by atoms with Crippen molar-refractivity contribution in [3.8, 4) is 17.4 Å². The van der Waals surface area contributed by atoms with Crippen LogP contribution in [0.3, 0.4) is 0 Å². The smallest absolute Gasteiger partial charge is 0.321 e. The van der Waals surface area contributed by atoms with Crippen LogP contribution in [0.1, 0.15) is 19.8 Å². The Hall–Kier alpha value is -1.68. The Labute approximate surface area is 111 Å². The van der Waals surface area contributed by atoms with Crippen molar-refractivity contribution in [3.63, 3.8) is 0 Å². The second-order valence-corrected chi connectivity index (χ2v) is 4.12. The molecule has 0 fully saturated rings. The standard InChI is InChI=1S/C13H14ClN3O/c1-2-3-9-18-13-16-11(15-12(14)17-13)10-7-5-4-6-8-10/h4-8H,2-3,9H2,1H3. The molecule has 4 nitrogen and oxygen atoms in total. The largest absolute Gasteiger partial charge is 0.463 e. The van der Waals surface area contributed by atoms with Gasteiger partial charge < -0.3 is 4.74 Å². The van der Waals surface area contributed by atoms with Crippen LogP contribution in [0.25, 0.3) is 11.4 Å². The van der Waals surface area contributed by atoms with Crippen LogP contribution in [-0.4, -0.2) is 21.6 Å². The molecule has 2 rings (SSSR count). The van der Waals surface area contributed by atoms with Gasteiger partial charge in [0.05, 0.1) is 6.61 Å². The maximum absolute atomic E-state index is 5.87. The van der Waals surface area contributed by atoms with Crippen LogP contribution in [0.5, 0.6) is 6.01 Å². The second kappa shape index (κ2) is 6.31. The lowest BCUT2D eigenvalue weighted by atomic mass is 10.2. The summed E-state index contributed by atoms with van der Waals surface area (Å²) in [7, 11) is 0. The Morgan fingerprint density at radius 1 is 1.11 bits per heavy atom. The zero-order chi connectivity index (χ0) is 12.8. The third kappa shape index (κ3) is 3.40. The topological polar surface area (TPSA) is 47.9 Å². The predicted octanol–water partition coefficient (Wildman–Crippen LogP) is 3.37. The van der Waals surface area contributed by atoms with E-state index in [0.29, 0.717) is 12.4 Å². The first kappa shape index (κ1) is 12.8. The molecule has 5 heteroatoms. The van der Waals surface area contributed by atoms with Gasteiger partial charge in [0, 0.05) is 5.56 Å². The Morgan fingerprint density at radius 3 is 2.61 bits per heavy atom. The van der Waals surface area contributed by atoms with Gasteiger partial charge in [-0.25, -0.2) is 0 Å². The Kier molecular flexibility index (Phi) is 4.47. The van der Waals surface area contributed by atoms with Gasteiger partial charge in [-0.05, 0) is 18.0 Å². The molecule has 0 aliphatic carbocycles. The summed E-state index contributed by atoms with van der Waals surface area (Å²) in [5.41, 5.74) is 0.891. The van der Waals surface area contributed by atoms with E-state index in [1.54, 1.807) is 0 Å². The molecule has 2 aromatic rings. The van der Waals surface area contributed by atoms with Crippen molar-refractivity contribution >= 4 is 11.6 Å². The number of benzene rings is 1. The minimum Gasteiger partial charge on any atom is -0.463 e. The highest BCUT2D eigenvalue weighted by atomic mass is 35.5. The van der Waals surface area contributed by atoms with E-state index in [1.807, 2.05) is 30.3 Å². The molecular formula is C13H14ClN3O. The van der Waals surface area contributed by atoms with Gasteiger partial charge in [-0.3, -0.25) is 0 Å². The number of hydrogen-bond donors (Lipinski definition) is 0. The van der Waals surface area contributed by atoms with E-state index >= 15 is 0 Å². The first-order valence-corrected chi connectivity index (χ1v) is 6.27. The molecule has 0 radical (unpaired) electrons. The minimum atomic E-state index is 0.148. The van der Waals surface area contributed by atoms with E-state index in [2.05, 4.69) is 21.9 Å². The molecule has 0 aliphatic rings. The van der Waals surface area contributed by atoms with Crippen molar-refractivity contribution in [1.29, 1.82) is 0 Å². The van der Waals surface area contributed by atoms with E-state index in [-0.39, 0.29) is 11.3 Å². The number of ether oxygens (including phenoxy) is 1. The van der Waals surface area contributed by atoms with E-state index in [9.17, 15) is 0 Å². The van der Waals surface area contributed by atoms with Gasteiger partial charge in [0.15, 0.2) is 5.82 Å². The molecule has 0 spiro atoms. The molecular weight excluding hydrogens is 250 g/mol. The lowest BCUT2D eigenvalue weighted by Crippen LogP contribution is -2.03. The third-order valence-electron chi connectivity index (χ3n) is 2.35. The highest BCUT2D eigenvalue weighted by molar-refractivity contribution is 6.28. The number of rotatable bonds is 5. The summed E-state index contributed by atoms with van der Waals surface area (Å²) in [6, 6.07) is 9.89. The predicted molar refractivity (Wildman–Crippen MR) is 70.7 cm³/mol. The quantitative estimate of drug-likeness (QED) is 0.776. The summed E-state index contributed by atoms with van der Waals surface area (Å²) in [5, 5.41) is 0.148. The molecule has 1 heterocycles. The fourth-order valence-corrected chi connectivity index (χ4v) is 1.57. The maximum atomic E-state index is 5.87. The third-order valence-corrected chi connectivity index (χ3v) is 2.52. The zero-order valence-corrected chi connectivity index (χ0v) is 10.9. The van der Waals surface area contributed by atoms with Crippen LogP contribution >= 0.6 is 11.6 Å². The monoisotopic (exact) mass is 263 g/mol. The maximum Gasteiger partial charge on any atom is 0.321 e. The summed E-state index contributed by atoms with van der Waals surface area (Å²) >= 11 is 5.87. The second-order valence-electron chi connectivity index (χ2n) is 3.78. The van der Waals surface area contributed by atoms with Gasteiger partial charge in [0.25, 0.3) is 0 Å². The van der Waals surface area contributed by atoms with Gasteiger partial charge in [0.2, 0.25) is 5.28 Å². The summed E-state index contributed by atoms with van der Waals surface area (Å²) in [4.78, 5) is 12.3. The summed E-state index contributed by atoms with van der Waals surface area (Å²) in [5.74, 6) is 0.530. The molecule has 0 atom stereocenters. The van der Waals surface area contributed by atoms with Crippen molar-refractivity contribution < 1.29 is 4.74 Å². The van der Waals surface area contributed by atoms with E-state index < -0.39 is 0 Å². The Bertz CT molecular complexity index is 505. The van der Waals surface area contributed by atoms with Crippen LogP contribution in [0, 0.1) is 0 Å². The van der Waals surface area contributed by atoms with E-state index in [0.717, 1.165) is 18.4 Å². The van der Waals surface area contributed by atoms with Crippen molar-refractivity contribution in [2.24, 2.45) is 0 Å². The van der Waals surface area contributed by atoms with Gasteiger partial charge >= 0.3 is 6.01 Å². The average Bonchev–Trinajstić information content (AvgIpc) is 2.39. The van der Waals surface area contributed by atoms with E-state index in [1.165, 1.54) is 0 Å². The summed E-state index contributed by atoms with van der Waals surface area (Å²) < 4.78 is 5.44. The molecule has 1 aromatic heterocycles. The lowest BCUT2D eigenvalue weighted by molar-refractivity contribution is 0.285. The van der Waals surface area contributed by atoms with Gasteiger partial charge in [-0.15, -0.1) is 0 Å². The summed E-state index contributed by atoms with van der Waals surface area (Å²) in [6.07, 6.45) is 2.02. The molecule has 0 N–H and O–H groups in total. The van der Waals surface area contributed by atoms with Crippen molar-refractivity contribution in [2.75, 3.05) is 6.61 Å². The number of nitrogens with zero attached hydrogens (tertiary/aromatic N) is 3. The molecule has 1 aromatic carbocycles. The van der Waals surface area contributed by atoms with Crippen LogP contribution in [0.4, 0.5) is 0 Å². The molecule has 0 amide bonds. The normalized spacial score (nSPS) is 10.3. The highest BCUT2D eigenvalue weighted by Gasteiger charge is 2.07. The van der Waals surface area contributed by atoms with Crippen LogP contribution < -0.4 is 4.74 Å². The number of halogens is 1. The van der Waals surface area contributed by atoms with Gasteiger partial charge in [-0.2, -0.15) is 15.0 Å². The number of hydrogen-bond acceptors (Lipinski definition) is 4. The molecule has 0 bridgehead atoms. The Balaban J connectivity index is 2.21. The first-order valence-electron chi connectivity index (χ1n) is 5.89. The Morgan fingerprint density at radius 2 is 1.89 bits per heavy atom. The molecule has 94 valence electrons. The molecule has 18 heavy (non-hydrogen) atoms. The molecule has 0 saturated carbocycles. The van der Waals surface area contributed by atoms with Crippen LogP contribution in [0.2, 0.25) is 5.28 Å². The highest BCUT2D eigenvalue weighted by Crippen LogP contribution is 2.18. The lowest BCUT2D eigenvalue weighted by Gasteiger charge is -2.05. The van der Waals surface area contributed by atoms with Gasteiger partial charge in [0.1, 0.15) is 0 Å². The first-order chi connectivity index (χ1) is 8.79. The SMILES string of the molecule is CCCCOc1nc(Cl)nc(-c2ccccc2)n1.